The minimum Gasteiger partial charge on any atom is -0.493 e. The summed E-state index contributed by atoms with van der Waals surface area (Å²) in [4.78, 5) is 13.3. The standard InChI is InChI=1S/C22H18BrNO2/c1-22(2)18-11-15(26-8-7-23)4-6-17(18)21(25)20-16-5-3-13(12-24)9-14(16)10-19(20)22/h3-6,9,11H,7-8,10H2,1-2H3. The Labute approximate surface area is 161 Å². The van der Waals surface area contributed by atoms with Crippen LogP contribution in [0, 0.1) is 11.3 Å². The number of nitriles is 1. The molecule has 26 heavy (non-hydrogen) atoms. The molecule has 2 aromatic carbocycles. The van der Waals surface area contributed by atoms with Crippen LogP contribution in [0.4, 0.5) is 0 Å². The molecular weight excluding hydrogens is 390 g/mol. The van der Waals surface area contributed by atoms with Crippen LogP contribution in [0.15, 0.2) is 42.0 Å². The van der Waals surface area contributed by atoms with E-state index in [9.17, 15) is 10.1 Å². The van der Waals surface area contributed by atoms with Gasteiger partial charge in [0.1, 0.15) is 5.75 Å². The lowest BCUT2D eigenvalue weighted by atomic mass is 9.68. The van der Waals surface area contributed by atoms with Gasteiger partial charge >= 0.3 is 0 Å². The van der Waals surface area contributed by atoms with Crippen molar-refractivity contribution in [2.45, 2.75) is 25.7 Å². The average molecular weight is 408 g/mol. The van der Waals surface area contributed by atoms with E-state index in [4.69, 9.17) is 4.74 Å². The van der Waals surface area contributed by atoms with Gasteiger partial charge in [-0.25, -0.2) is 0 Å². The van der Waals surface area contributed by atoms with Gasteiger partial charge < -0.3 is 4.74 Å². The van der Waals surface area contributed by atoms with Crippen LogP contribution >= 0.6 is 15.9 Å². The molecule has 0 bridgehead atoms. The molecule has 0 heterocycles. The second kappa shape index (κ2) is 6.10. The fourth-order valence-corrected chi connectivity index (χ4v) is 4.23. The summed E-state index contributed by atoms with van der Waals surface area (Å²) in [6.45, 7) is 4.92. The minimum atomic E-state index is -0.266. The highest BCUT2D eigenvalue weighted by molar-refractivity contribution is 9.09. The number of ether oxygens (including phenoxy) is 1. The Morgan fingerprint density at radius 1 is 1.19 bits per heavy atom. The van der Waals surface area contributed by atoms with E-state index in [1.807, 2.05) is 30.3 Å². The van der Waals surface area contributed by atoms with E-state index in [1.165, 1.54) is 0 Å². The molecule has 0 aliphatic heterocycles. The van der Waals surface area contributed by atoms with Gasteiger partial charge in [0.05, 0.1) is 18.2 Å². The van der Waals surface area contributed by atoms with Crippen molar-refractivity contribution in [3.8, 4) is 11.8 Å². The summed E-state index contributed by atoms with van der Waals surface area (Å²) >= 11 is 3.37. The van der Waals surface area contributed by atoms with Crippen molar-refractivity contribution in [2.75, 3.05) is 11.9 Å². The summed E-state index contributed by atoms with van der Waals surface area (Å²) < 4.78 is 5.74. The van der Waals surface area contributed by atoms with Crippen molar-refractivity contribution in [1.29, 1.82) is 5.26 Å². The maximum Gasteiger partial charge on any atom is 0.193 e. The normalized spacial score (nSPS) is 16.6. The first kappa shape index (κ1) is 17.1. The minimum absolute atomic E-state index is 0.0739. The predicted octanol–water partition coefficient (Wildman–Crippen LogP) is 4.82. The monoisotopic (exact) mass is 407 g/mol. The zero-order chi connectivity index (χ0) is 18.5. The number of carbonyl (C=O) groups is 1. The third kappa shape index (κ3) is 2.42. The van der Waals surface area contributed by atoms with Crippen LogP contribution in [0.3, 0.4) is 0 Å². The molecule has 0 atom stereocenters. The fraction of sp³-hybridized carbons (Fsp3) is 0.273. The lowest BCUT2D eigenvalue weighted by Crippen LogP contribution is -2.29. The van der Waals surface area contributed by atoms with Crippen molar-refractivity contribution in [1.82, 2.24) is 0 Å². The molecule has 2 aromatic rings. The van der Waals surface area contributed by atoms with Crippen molar-refractivity contribution < 1.29 is 9.53 Å². The highest BCUT2D eigenvalue weighted by Gasteiger charge is 2.42. The number of nitrogens with zero attached hydrogens (tertiary/aromatic N) is 1. The quantitative estimate of drug-likeness (QED) is 0.685. The molecule has 0 amide bonds. The van der Waals surface area contributed by atoms with Crippen LogP contribution < -0.4 is 4.74 Å². The third-order valence-electron chi connectivity index (χ3n) is 5.41. The van der Waals surface area contributed by atoms with Gasteiger partial charge in [-0.3, -0.25) is 4.79 Å². The van der Waals surface area contributed by atoms with Gasteiger partial charge in [-0.05, 0) is 59.0 Å². The number of halogens is 1. The molecule has 130 valence electrons. The Hall–Kier alpha value is -2.38. The summed E-state index contributed by atoms with van der Waals surface area (Å²) in [5.74, 6) is 0.861. The first-order valence-electron chi connectivity index (χ1n) is 8.62. The maximum absolute atomic E-state index is 13.3. The third-order valence-corrected chi connectivity index (χ3v) is 5.73. The smallest absolute Gasteiger partial charge is 0.193 e. The Morgan fingerprint density at radius 3 is 2.69 bits per heavy atom. The topological polar surface area (TPSA) is 50.1 Å². The molecule has 0 aromatic heterocycles. The Kier molecular flexibility index (Phi) is 4.00. The second-order valence-corrected chi connectivity index (χ2v) is 8.01. The zero-order valence-corrected chi connectivity index (χ0v) is 16.3. The molecule has 0 unspecified atom stereocenters. The number of benzene rings is 2. The molecule has 0 radical (unpaired) electrons. The summed E-state index contributed by atoms with van der Waals surface area (Å²) in [5.41, 5.74) is 6.13. The number of hydrogen-bond donors (Lipinski definition) is 0. The molecule has 4 heteroatoms. The lowest BCUT2D eigenvalue weighted by Gasteiger charge is -2.34. The number of allylic oxidation sites excluding steroid dienone is 2. The van der Waals surface area contributed by atoms with E-state index in [-0.39, 0.29) is 11.2 Å². The predicted molar refractivity (Wildman–Crippen MR) is 105 cm³/mol. The molecule has 2 aliphatic rings. The van der Waals surface area contributed by atoms with Crippen molar-refractivity contribution >= 4 is 27.3 Å². The summed E-state index contributed by atoms with van der Waals surface area (Å²) in [7, 11) is 0. The van der Waals surface area contributed by atoms with E-state index in [0.29, 0.717) is 18.6 Å². The van der Waals surface area contributed by atoms with Crippen LogP contribution in [-0.2, 0) is 11.8 Å². The molecule has 2 aliphatic carbocycles. The number of rotatable bonds is 3. The highest BCUT2D eigenvalue weighted by Crippen LogP contribution is 2.50. The number of ketones is 1. The van der Waals surface area contributed by atoms with Crippen molar-refractivity contribution in [2.24, 2.45) is 0 Å². The van der Waals surface area contributed by atoms with Gasteiger partial charge in [0.25, 0.3) is 0 Å². The summed E-state index contributed by atoms with van der Waals surface area (Å²) in [6.07, 6.45) is 0.713. The van der Waals surface area contributed by atoms with Crippen LogP contribution in [0.2, 0.25) is 0 Å². The average Bonchev–Trinajstić information content (AvgIpc) is 3.04. The number of carbonyl (C=O) groups excluding carboxylic acids is 1. The number of hydrogen-bond acceptors (Lipinski definition) is 3. The van der Waals surface area contributed by atoms with E-state index >= 15 is 0 Å². The number of Topliss-reactive ketones (excluding diaryl/α,β-unsaturated/α-hetero) is 1. The van der Waals surface area contributed by atoms with Gasteiger partial charge in [-0.2, -0.15) is 5.26 Å². The van der Waals surface area contributed by atoms with Gasteiger partial charge in [0.2, 0.25) is 0 Å². The second-order valence-electron chi connectivity index (χ2n) is 7.21. The van der Waals surface area contributed by atoms with Crippen molar-refractivity contribution in [3.05, 3.63) is 69.8 Å². The highest BCUT2D eigenvalue weighted by atomic mass is 79.9. The molecule has 0 saturated heterocycles. The first-order valence-corrected chi connectivity index (χ1v) is 9.74. The van der Waals surface area contributed by atoms with E-state index in [1.54, 1.807) is 6.07 Å². The molecule has 0 fully saturated rings. The van der Waals surface area contributed by atoms with Gasteiger partial charge in [-0.1, -0.05) is 35.8 Å². The van der Waals surface area contributed by atoms with E-state index in [2.05, 4.69) is 35.8 Å². The summed E-state index contributed by atoms with van der Waals surface area (Å²) in [5, 5.41) is 9.94. The number of fused-ring (bicyclic) bond motifs is 3. The molecular formula is C22H18BrNO2. The van der Waals surface area contributed by atoms with Gasteiger partial charge in [-0.15, -0.1) is 0 Å². The molecule has 0 spiro atoms. The van der Waals surface area contributed by atoms with Crippen LogP contribution in [0.1, 0.15) is 46.5 Å². The van der Waals surface area contributed by atoms with Crippen molar-refractivity contribution in [3.63, 3.8) is 0 Å². The lowest BCUT2D eigenvalue weighted by molar-refractivity contribution is 0.105. The van der Waals surface area contributed by atoms with Crippen LogP contribution in [0.5, 0.6) is 5.75 Å². The Balaban J connectivity index is 1.84. The zero-order valence-electron chi connectivity index (χ0n) is 14.7. The Morgan fingerprint density at radius 2 is 1.96 bits per heavy atom. The molecule has 0 N–H and O–H groups in total. The number of alkyl halides is 1. The van der Waals surface area contributed by atoms with Crippen LogP contribution in [0.25, 0.3) is 5.57 Å². The fourth-order valence-electron chi connectivity index (χ4n) is 4.07. The van der Waals surface area contributed by atoms with Gasteiger partial charge in [0, 0.05) is 21.9 Å². The molecule has 3 nitrogen and oxygen atoms in total. The summed E-state index contributed by atoms with van der Waals surface area (Å²) in [6, 6.07) is 13.6. The van der Waals surface area contributed by atoms with E-state index < -0.39 is 0 Å². The molecule has 4 rings (SSSR count). The Bertz CT molecular complexity index is 1010. The van der Waals surface area contributed by atoms with E-state index in [0.717, 1.165) is 44.5 Å². The SMILES string of the molecule is CC1(C)C2=C(C(=O)c3ccc(OCCBr)cc31)c1ccc(C#N)cc1C2. The largest absolute Gasteiger partial charge is 0.493 e. The van der Waals surface area contributed by atoms with Crippen LogP contribution in [-0.4, -0.2) is 17.7 Å². The van der Waals surface area contributed by atoms with Gasteiger partial charge in [0.15, 0.2) is 5.78 Å². The molecule has 0 saturated carbocycles. The first-order chi connectivity index (χ1) is 12.5. The maximum atomic E-state index is 13.3.